The fourth-order valence-corrected chi connectivity index (χ4v) is 2.40. The Morgan fingerprint density at radius 1 is 1.18 bits per heavy atom. The largest absolute Gasteiger partial charge is 0.483 e. The van der Waals surface area contributed by atoms with Gasteiger partial charge in [-0.25, -0.2) is 0 Å². The lowest BCUT2D eigenvalue weighted by atomic mass is 10.1. The Morgan fingerprint density at radius 2 is 2.06 bits per heavy atom. The third-order valence-corrected chi connectivity index (χ3v) is 3.67. The highest BCUT2D eigenvalue weighted by molar-refractivity contribution is 6.42. The maximum Gasteiger partial charge on any atom is 0.145 e. The maximum atomic E-state index is 6.16. The molecule has 86 valence electrons. The minimum atomic E-state index is -0.0674. The SMILES string of the molecule is Clc1ccc2c(c1Cl)CC(c1ccccn1)O2. The summed E-state index contributed by atoms with van der Waals surface area (Å²) >= 11 is 12.1. The zero-order valence-corrected chi connectivity index (χ0v) is 10.4. The number of pyridine rings is 1. The van der Waals surface area contributed by atoms with E-state index in [1.54, 1.807) is 12.3 Å². The molecule has 1 atom stereocenters. The van der Waals surface area contributed by atoms with E-state index in [1.165, 1.54) is 0 Å². The number of ether oxygens (including phenoxy) is 1. The van der Waals surface area contributed by atoms with Gasteiger partial charge in [0.25, 0.3) is 0 Å². The van der Waals surface area contributed by atoms with Gasteiger partial charge in [-0.3, -0.25) is 4.98 Å². The lowest BCUT2D eigenvalue weighted by Crippen LogP contribution is -2.04. The number of fused-ring (bicyclic) bond motifs is 1. The molecule has 1 aliphatic rings. The molecule has 0 spiro atoms. The summed E-state index contributed by atoms with van der Waals surface area (Å²) in [6, 6.07) is 9.39. The first-order valence-corrected chi connectivity index (χ1v) is 6.06. The Labute approximate surface area is 109 Å². The molecule has 0 aliphatic carbocycles. The van der Waals surface area contributed by atoms with Crippen LogP contribution in [0.3, 0.4) is 0 Å². The van der Waals surface area contributed by atoms with E-state index >= 15 is 0 Å². The predicted octanol–water partition coefficient (Wildman–Crippen LogP) is 4.06. The van der Waals surface area contributed by atoms with Crippen LogP contribution in [0.4, 0.5) is 0 Å². The summed E-state index contributed by atoms with van der Waals surface area (Å²) in [6.45, 7) is 0. The first-order valence-electron chi connectivity index (χ1n) is 5.30. The lowest BCUT2D eigenvalue weighted by Gasteiger charge is -2.08. The second-order valence-corrected chi connectivity index (χ2v) is 4.69. The van der Waals surface area contributed by atoms with Crippen LogP contribution in [0.5, 0.6) is 5.75 Å². The second-order valence-electron chi connectivity index (χ2n) is 3.90. The van der Waals surface area contributed by atoms with Crippen molar-refractivity contribution in [2.24, 2.45) is 0 Å². The summed E-state index contributed by atoms with van der Waals surface area (Å²) in [4.78, 5) is 4.29. The number of hydrogen-bond donors (Lipinski definition) is 0. The van der Waals surface area contributed by atoms with E-state index in [2.05, 4.69) is 4.98 Å². The summed E-state index contributed by atoms with van der Waals surface area (Å²) in [5.74, 6) is 0.801. The fourth-order valence-electron chi connectivity index (χ4n) is 1.99. The number of nitrogens with zero attached hydrogens (tertiary/aromatic N) is 1. The minimum absolute atomic E-state index is 0.0674. The van der Waals surface area contributed by atoms with Crippen molar-refractivity contribution in [1.82, 2.24) is 4.98 Å². The zero-order chi connectivity index (χ0) is 11.8. The number of benzene rings is 1. The highest BCUT2D eigenvalue weighted by Gasteiger charge is 2.27. The van der Waals surface area contributed by atoms with E-state index < -0.39 is 0 Å². The van der Waals surface area contributed by atoms with Gasteiger partial charge in [-0.1, -0.05) is 29.3 Å². The third-order valence-electron chi connectivity index (χ3n) is 2.83. The Hall–Kier alpha value is -1.25. The van der Waals surface area contributed by atoms with Gasteiger partial charge in [-0.05, 0) is 24.3 Å². The molecule has 0 N–H and O–H groups in total. The van der Waals surface area contributed by atoms with Crippen molar-refractivity contribution in [1.29, 1.82) is 0 Å². The highest BCUT2D eigenvalue weighted by Crippen LogP contribution is 2.42. The summed E-state index contributed by atoms with van der Waals surface area (Å²) < 4.78 is 5.82. The third kappa shape index (κ3) is 1.88. The van der Waals surface area contributed by atoms with E-state index in [0.29, 0.717) is 16.5 Å². The van der Waals surface area contributed by atoms with Gasteiger partial charge in [0.15, 0.2) is 0 Å². The molecule has 0 radical (unpaired) electrons. The topological polar surface area (TPSA) is 22.1 Å². The highest BCUT2D eigenvalue weighted by atomic mass is 35.5. The number of rotatable bonds is 1. The van der Waals surface area contributed by atoms with Crippen LogP contribution in [0, 0.1) is 0 Å². The molecule has 1 aliphatic heterocycles. The molecule has 3 rings (SSSR count). The Balaban J connectivity index is 1.96. The van der Waals surface area contributed by atoms with Crippen LogP contribution in [0.2, 0.25) is 10.0 Å². The molecule has 17 heavy (non-hydrogen) atoms. The van der Waals surface area contributed by atoms with Gasteiger partial charge in [0, 0.05) is 18.2 Å². The van der Waals surface area contributed by atoms with Crippen molar-refractivity contribution in [3.8, 4) is 5.75 Å². The molecule has 1 unspecified atom stereocenters. The minimum Gasteiger partial charge on any atom is -0.483 e. The number of halogens is 2. The smallest absolute Gasteiger partial charge is 0.145 e. The molecule has 2 aromatic rings. The number of aromatic nitrogens is 1. The van der Waals surface area contributed by atoms with Gasteiger partial charge in [-0.2, -0.15) is 0 Å². The van der Waals surface area contributed by atoms with E-state index in [4.69, 9.17) is 27.9 Å². The molecule has 1 aromatic heterocycles. The molecule has 2 heterocycles. The van der Waals surface area contributed by atoms with Gasteiger partial charge in [0.2, 0.25) is 0 Å². The van der Waals surface area contributed by atoms with Gasteiger partial charge in [0.05, 0.1) is 15.7 Å². The van der Waals surface area contributed by atoms with Crippen molar-refractivity contribution in [3.63, 3.8) is 0 Å². The second kappa shape index (κ2) is 4.21. The average molecular weight is 266 g/mol. The summed E-state index contributed by atoms with van der Waals surface area (Å²) in [7, 11) is 0. The Kier molecular flexibility index (Phi) is 2.69. The standard InChI is InChI=1S/C13H9Cl2NO/c14-9-4-5-11-8(13(9)15)7-12(17-11)10-3-1-2-6-16-10/h1-6,12H,7H2. The van der Waals surface area contributed by atoms with Crippen LogP contribution in [0.15, 0.2) is 36.5 Å². The molecule has 1 aromatic carbocycles. The first kappa shape index (κ1) is 10.9. The fraction of sp³-hybridized carbons (Fsp3) is 0.154. The summed E-state index contributed by atoms with van der Waals surface area (Å²) in [6.07, 6.45) is 2.41. The summed E-state index contributed by atoms with van der Waals surface area (Å²) in [5.41, 5.74) is 1.88. The van der Waals surface area contributed by atoms with Crippen LogP contribution < -0.4 is 4.74 Å². The predicted molar refractivity (Wildman–Crippen MR) is 67.8 cm³/mol. The van der Waals surface area contributed by atoms with Crippen LogP contribution in [0.1, 0.15) is 17.4 Å². The van der Waals surface area contributed by atoms with Crippen molar-refractivity contribution in [3.05, 3.63) is 57.8 Å². The van der Waals surface area contributed by atoms with E-state index in [1.807, 2.05) is 24.3 Å². The van der Waals surface area contributed by atoms with E-state index in [0.717, 1.165) is 17.0 Å². The van der Waals surface area contributed by atoms with Gasteiger partial charge < -0.3 is 4.74 Å². The first-order chi connectivity index (χ1) is 8.25. The molecular weight excluding hydrogens is 257 g/mol. The van der Waals surface area contributed by atoms with Gasteiger partial charge >= 0.3 is 0 Å². The van der Waals surface area contributed by atoms with Gasteiger partial charge in [0.1, 0.15) is 11.9 Å². The number of hydrogen-bond acceptors (Lipinski definition) is 2. The molecule has 0 fully saturated rings. The van der Waals surface area contributed by atoms with E-state index in [9.17, 15) is 0 Å². The molecular formula is C13H9Cl2NO. The molecule has 0 saturated heterocycles. The summed E-state index contributed by atoms with van der Waals surface area (Å²) in [5, 5.41) is 1.15. The average Bonchev–Trinajstić information content (AvgIpc) is 2.80. The van der Waals surface area contributed by atoms with Crippen LogP contribution in [-0.4, -0.2) is 4.98 Å². The molecule has 0 saturated carbocycles. The maximum absolute atomic E-state index is 6.16. The molecule has 4 heteroatoms. The Bertz CT molecular complexity index is 557. The van der Waals surface area contributed by atoms with Crippen LogP contribution in [-0.2, 0) is 6.42 Å². The van der Waals surface area contributed by atoms with Crippen molar-refractivity contribution in [2.75, 3.05) is 0 Å². The lowest BCUT2D eigenvalue weighted by molar-refractivity contribution is 0.233. The quantitative estimate of drug-likeness (QED) is 0.776. The van der Waals surface area contributed by atoms with E-state index in [-0.39, 0.29) is 6.10 Å². The van der Waals surface area contributed by atoms with Crippen LogP contribution in [0.25, 0.3) is 0 Å². The zero-order valence-electron chi connectivity index (χ0n) is 8.86. The van der Waals surface area contributed by atoms with Gasteiger partial charge in [-0.15, -0.1) is 0 Å². The Morgan fingerprint density at radius 3 is 2.82 bits per heavy atom. The monoisotopic (exact) mass is 265 g/mol. The van der Waals surface area contributed by atoms with Crippen molar-refractivity contribution < 1.29 is 4.74 Å². The molecule has 2 nitrogen and oxygen atoms in total. The molecule has 0 amide bonds. The van der Waals surface area contributed by atoms with Crippen molar-refractivity contribution in [2.45, 2.75) is 12.5 Å². The molecule has 0 bridgehead atoms. The van der Waals surface area contributed by atoms with Crippen molar-refractivity contribution >= 4 is 23.2 Å². The normalized spacial score (nSPS) is 17.6. The van der Waals surface area contributed by atoms with Crippen LogP contribution >= 0.6 is 23.2 Å².